The van der Waals surface area contributed by atoms with Crippen LogP contribution in [0.2, 0.25) is 0 Å². The average Bonchev–Trinajstić information content (AvgIpc) is 1.66. The highest BCUT2D eigenvalue weighted by Gasteiger charge is 2.44. The highest BCUT2D eigenvalue weighted by Crippen LogP contribution is 2.39. The molecular formula is C99H161N3O19. The summed E-state index contributed by atoms with van der Waals surface area (Å²) < 4.78 is 77.6. The molecule has 1 aliphatic carbocycles. The van der Waals surface area contributed by atoms with Gasteiger partial charge in [0.15, 0.2) is 11.8 Å². The van der Waals surface area contributed by atoms with E-state index in [0.717, 1.165) is 128 Å². The molecule has 14 unspecified atom stereocenters. The maximum atomic E-state index is 11.6. The van der Waals surface area contributed by atoms with Crippen molar-refractivity contribution in [3.63, 3.8) is 0 Å². The lowest BCUT2D eigenvalue weighted by Crippen LogP contribution is -2.38. The van der Waals surface area contributed by atoms with E-state index in [1.165, 1.54) is 60.8 Å². The van der Waals surface area contributed by atoms with Crippen molar-refractivity contribution in [1.29, 1.82) is 0 Å². The summed E-state index contributed by atoms with van der Waals surface area (Å²) in [5.74, 6) is 6.25. The van der Waals surface area contributed by atoms with Crippen LogP contribution in [0.4, 0.5) is 0 Å². The monoisotopic (exact) mass is 1700 g/mol. The zero-order valence-corrected chi connectivity index (χ0v) is 78.3. The van der Waals surface area contributed by atoms with E-state index in [-0.39, 0.29) is 54.1 Å². The number of nitrogens with zero attached hydrogens (tertiary/aromatic N) is 2. The minimum atomic E-state index is -0.773. The number of fused-ring (bicyclic) bond motifs is 1. The lowest BCUT2D eigenvalue weighted by atomic mass is 9.89. The van der Waals surface area contributed by atoms with Gasteiger partial charge in [-0.25, -0.2) is 4.79 Å². The van der Waals surface area contributed by atoms with E-state index >= 15 is 0 Å². The number of rotatable bonds is 39. The molecule has 13 rings (SSSR count). The van der Waals surface area contributed by atoms with Gasteiger partial charge in [0.1, 0.15) is 75.4 Å². The molecule has 9 aliphatic rings. The second-order valence-corrected chi connectivity index (χ2v) is 34.4. The zero-order chi connectivity index (χ0) is 89.0. The molecule has 6 saturated heterocycles. The number of nitrogens with one attached hydrogen (secondary N) is 1. The quantitative estimate of drug-likeness (QED) is 0.0239. The molecule has 0 radical (unpaired) electrons. The first-order valence-corrected chi connectivity index (χ1v) is 45.7. The fourth-order valence-electron chi connectivity index (χ4n) is 11.2. The Morgan fingerprint density at radius 3 is 1.36 bits per heavy atom. The van der Waals surface area contributed by atoms with Crippen molar-refractivity contribution in [3.05, 3.63) is 137 Å². The minimum Gasteiger partial charge on any atom is -0.491 e. The van der Waals surface area contributed by atoms with Crippen molar-refractivity contribution in [1.82, 2.24) is 5.32 Å². The summed E-state index contributed by atoms with van der Waals surface area (Å²) in [7, 11) is 0. The van der Waals surface area contributed by atoms with Gasteiger partial charge >= 0.3 is 11.9 Å². The fourth-order valence-corrected chi connectivity index (χ4v) is 11.2. The van der Waals surface area contributed by atoms with Gasteiger partial charge in [-0.3, -0.25) is 19.6 Å². The molecule has 0 spiro atoms. The third kappa shape index (κ3) is 48.0. The van der Waals surface area contributed by atoms with Crippen molar-refractivity contribution in [2.24, 2.45) is 38.1 Å². The van der Waals surface area contributed by atoms with Crippen LogP contribution in [0.15, 0.2) is 119 Å². The Hall–Kier alpha value is -6.41. The second kappa shape index (κ2) is 60.3. The Morgan fingerprint density at radius 2 is 0.917 bits per heavy atom. The normalized spacial score (nSPS) is 21.5. The molecule has 0 bridgehead atoms. The SMILES string of the molecule is CCC(C)(C)C(=O)NCCOCC1CO1.CCC(C)(C)C(=O)OCC(O)COCC1CO1.CCC(C)(C)C1=NCCO1.CCC(C)C1=NCCO1.CCC(C)c1ccc(C(=O)OCC2CO2)cc1.CCC(C)c1ccc(OCC2CO2)cc1.CCC(C)c1ccccc1.CCC(C)c1ccccc1.CCOCC1CCC2OC2C1.CCOCC1CO1. The van der Waals surface area contributed by atoms with Crippen molar-refractivity contribution in [3.8, 4) is 5.75 Å². The molecule has 8 aliphatic heterocycles. The molecule has 7 fully saturated rings. The van der Waals surface area contributed by atoms with Gasteiger partial charge in [-0.1, -0.05) is 203 Å². The van der Waals surface area contributed by atoms with E-state index in [2.05, 4.69) is 185 Å². The first-order valence-electron chi connectivity index (χ1n) is 45.7. The number of aliphatic hydroxyl groups excluding tert-OH is 1. The Balaban J connectivity index is 0.000000285. The predicted octanol–water partition coefficient (Wildman–Crippen LogP) is 19.2. The average molecular weight is 1700 g/mol. The van der Waals surface area contributed by atoms with Gasteiger partial charge < -0.3 is 81.5 Å². The third-order valence-corrected chi connectivity index (χ3v) is 22.9. The Morgan fingerprint density at radius 1 is 0.471 bits per heavy atom. The smallest absolute Gasteiger partial charge is 0.338 e. The van der Waals surface area contributed by atoms with Gasteiger partial charge in [0, 0.05) is 43.1 Å². The molecule has 2 N–H and O–H groups in total. The van der Waals surface area contributed by atoms with Gasteiger partial charge in [0.2, 0.25) is 5.91 Å². The number of amides is 1. The maximum Gasteiger partial charge on any atom is 0.338 e. The van der Waals surface area contributed by atoms with Gasteiger partial charge in [-0.2, -0.15) is 0 Å². The van der Waals surface area contributed by atoms with Crippen LogP contribution in [0.5, 0.6) is 5.75 Å². The first kappa shape index (κ1) is 107. The molecule has 0 aromatic heterocycles. The van der Waals surface area contributed by atoms with Crippen LogP contribution >= 0.6 is 0 Å². The van der Waals surface area contributed by atoms with Crippen LogP contribution in [-0.2, 0) is 75.9 Å². The number of hydrogen-bond acceptors (Lipinski definition) is 21. The summed E-state index contributed by atoms with van der Waals surface area (Å²) in [5.41, 5.74) is 5.52. The number of carbonyl (C=O) groups excluding carboxylic acids is 3. The third-order valence-electron chi connectivity index (χ3n) is 22.9. The van der Waals surface area contributed by atoms with Crippen LogP contribution < -0.4 is 10.1 Å². The lowest BCUT2D eigenvalue weighted by molar-refractivity contribution is -0.158. The van der Waals surface area contributed by atoms with E-state index in [9.17, 15) is 19.5 Å². The number of aliphatic imine (C=N–C) groups is 2. The van der Waals surface area contributed by atoms with Crippen LogP contribution in [0.25, 0.3) is 0 Å². The topological polar surface area (TPSA) is 266 Å². The molecule has 121 heavy (non-hydrogen) atoms. The Bertz CT molecular complexity index is 3350. The Kier molecular flexibility index (Phi) is 53.2. The number of hydrogen-bond donors (Lipinski definition) is 2. The summed E-state index contributed by atoms with van der Waals surface area (Å²) in [5, 5.41) is 12.4. The number of aliphatic hydroxyl groups is 1. The zero-order valence-electron chi connectivity index (χ0n) is 78.3. The summed E-state index contributed by atoms with van der Waals surface area (Å²) in [6, 6.07) is 37.3. The van der Waals surface area contributed by atoms with Crippen LogP contribution in [0, 0.1) is 28.1 Å². The highest BCUT2D eigenvalue weighted by atomic mass is 16.6. The fraction of sp³-hybridized carbons (Fsp3) is 0.707. The molecule has 22 nitrogen and oxygen atoms in total. The van der Waals surface area contributed by atoms with E-state index in [4.69, 9.17) is 71.1 Å². The Labute approximate surface area is 729 Å². The molecule has 8 heterocycles. The largest absolute Gasteiger partial charge is 0.491 e. The van der Waals surface area contributed by atoms with Crippen molar-refractivity contribution in [2.45, 2.75) is 289 Å². The lowest BCUT2D eigenvalue weighted by Gasteiger charge is -2.21. The molecule has 1 saturated carbocycles. The minimum absolute atomic E-state index is 0.0201. The first-order chi connectivity index (χ1) is 58.0. The van der Waals surface area contributed by atoms with Crippen LogP contribution in [-0.4, -0.2) is 222 Å². The van der Waals surface area contributed by atoms with Gasteiger partial charge in [-0.15, -0.1) is 0 Å². The molecule has 686 valence electrons. The highest BCUT2D eigenvalue weighted by molar-refractivity contribution is 5.89. The number of ether oxygens (including phenoxy) is 15. The number of esters is 2. The number of epoxide rings is 6. The molecule has 14 atom stereocenters. The van der Waals surface area contributed by atoms with E-state index in [1.54, 1.807) is 0 Å². The summed E-state index contributed by atoms with van der Waals surface area (Å²) in [4.78, 5) is 43.3. The molecular weight excluding hydrogens is 1540 g/mol. The summed E-state index contributed by atoms with van der Waals surface area (Å²) in [6.07, 6.45) is 14.1. The van der Waals surface area contributed by atoms with Crippen molar-refractivity contribution < 1.29 is 90.5 Å². The van der Waals surface area contributed by atoms with Gasteiger partial charge in [0.25, 0.3) is 0 Å². The number of carbonyl (C=O) groups is 3. The summed E-state index contributed by atoms with van der Waals surface area (Å²) in [6.45, 7) is 58.2. The molecule has 4 aromatic rings. The van der Waals surface area contributed by atoms with E-state index in [0.29, 0.717) is 118 Å². The second-order valence-electron chi connectivity index (χ2n) is 34.4. The summed E-state index contributed by atoms with van der Waals surface area (Å²) >= 11 is 0. The van der Waals surface area contributed by atoms with Crippen LogP contribution in [0.3, 0.4) is 0 Å². The van der Waals surface area contributed by atoms with E-state index in [1.807, 2.05) is 84.9 Å². The molecule has 4 aromatic carbocycles. The molecule has 22 heteroatoms. The van der Waals surface area contributed by atoms with Gasteiger partial charge in [-0.05, 0) is 174 Å². The van der Waals surface area contributed by atoms with Crippen molar-refractivity contribution >= 4 is 29.6 Å². The van der Waals surface area contributed by atoms with Crippen molar-refractivity contribution in [2.75, 3.05) is 139 Å². The van der Waals surface area contributed by atoms with Crippen LogP contribution in [0.1, 0.15) is 272 Å². The number of benzene rings is 4. The maximum absolute atomic E-state index is 11.6. The standard InChI is InChI=1S/C14H18O3.C13H18O2.C12H22O5.C11H21NO3.2C10H14.C9H16O2.C8H15NO.C7H13NO.C5H10O2/c1-3-10(2)11-4-6-12(7-5-11)14(15)17-9-13-8-16-13;1-3-10(2)11-4-6-12(7-5-11)14-8-13-9-15-13;1-4-12(2,3)11(14)17-6-9(13)5-15-7-10-8-16-10;1-4-11(2,3)10(13)12-5-6-14-7-9-8-15-9;2*1-3-9(2)10-7-5-4-6-8-10;1-2-10-6-7-3-4-8-9(5-7)11-8;1-4-8(2,3)7-9-5-6-10-7;1-3-6(2)7-8-4-5-9-7;1-2-6-3-5-4-7-5/h4-7,10,13H,3,8-9H2,1-2H3;4-7,10,13H,3,8-9H2,1-2H3;9-10,13H,4-8H2,1-3H3;9H,4-8H2,1-3H3,(H,12,13);2*4-9H,3H2,1-2H3;7-9H,2-6H2,1H3;4-6H2,1-3H3;6H,3-5H2,1-2H3;5H,2-4H2,1H3. The predicted molar refractivity (Wildman–Crippen MR) is 484 cm³/mol. The molecule has 1 amide bonds. The van der Waals surface area contributed by atoms with E-state index < -0.39 is 11.5 Å². The van der Waals surface area contributed by atoms with Gasteiger partial charge in [0.05, 0.1) is 102 Å².